The van der Waals surface area contributed by atoms with Gasteiger partial charge in [0.15, 0.2) is 0 Å². The van der Waals surface area contributed by atoms with E-state index < -0.39 is 0 Å². The Labute approximate surface area is 83.6 Å². The molecule has 0 aliphatic heterocycles. The van der Waals surface area contributed by atoms with E-state index >= 15 is 0 Å². The number of aromatic nitrogens is 1. The number of aliphatic hydroxyl groups excluding tert-OH is 1. The van der Waals surface area contributed by atoms with Crippen molar-refractivity contribution < 1.29 is 9.90 Å². The van der Waals surface area contributed by atoms with Gasteiger partial charge in [-0.25, -0.2) is 0 Å². The van der Waals surface area contributed by atoms with Gasteiger partial charge in [0.1, 0.15) is 13.6 Å². The molecule has 1 fully saturated rings. The first-order valence-corrected chi connectivity index (χ1v) is 4.54. The van der Waals surface area contributed by atoms with Gasteiger partial charge in [-0.15, -0.1) is 0 Å². The highest BCUT2D eigenvalue weighted by Crippen LogP contribution is 2.41. The summed E-state index contributed by atoms with van der Waals surface area (Å²) in [6.07, 6.45) is 0. The van der Waals surface area contributed by atoms with E-state index in [2.05, 4.69) is 4.98 Å². The number of aliphatic hydroxyl groups is 1. The summed E-state index contributed by atoms with van der Waals surface area (Å²) in [4.78, 5) is 15.3. The van der Waals surface area contributed by atoms with Crippen molar-refractivity contribution in [1.29, 1.82) is 0 Å². The molecule has 1 aromatic rings. The predicted molar refractivity (Wildman–Crippen MR) is 52.5 cm³/mol. The molecule has 2 radical (unpaired) electrons. The lowest BCUT2D eigenvalue weighted by molar-refractivity contribution is -0.111. The lowest BCUT2D eigenvalue weighted by Gasteiger charge is -2.02. The zero-order valence-electron chi connectivity index (χ0n) is 7.90. The Morgan fingerprint density at radius 3 is 2.71 bits per heavy atom. The normalized spacial score (nSPS) is 25.1. The molecular formula is C10H10BNO2. The molecule has 70 valence electrons. The number of rotatable bonds is 2. The Balaban J connectivity index is 2.35. The summed E-state index contributed by atoms with van der Waals surface area (Å²) in [5.74, 6) is 0.145. The maximum absolute atomic E-state index is 11.2. The Kier molecular flexibility index (Phi) is 2.15. The standard InChI is InChI=1S/C10H10BNO2/c1-5-9(10(5)14)8-3-6(11)2-7(4-13)12-8/h2-3,5,9,13H,4H2,1H3. The summed E-state index contributed by atoms with van der Waals surface area (Å²) in [5, 5.41) is 8.92. The van der Waals surface area contributed by atoms with Crippen molar-refractivity contribution in [2.45, 2.75) is 19.4 Å². The molecule has 1 N–H and O–H groups in total. The highest BCUT2D eigenvalue weighted by Gasteiger charge is 2.47. The number of pyridine rings is 1. The monoisotopic (exact) mass is 187 g/mol. The smallest absolute Gasteiger partial charge is 0.146 e. The number of nitrogens with zero attached hydrogens (tertiary/aromatic N) is 1. The molecule has 1 aliphatic rings. The lowest BCUT2D eigenvalue weighted by Crippen LogP contribution is -2.09. The fraction of sp³-hybridized carbons (Fsp3) is 0.400. The minimum Gasteiger partial charge on any atom is -0.390 e. The molecule has 2 rings (SSSR count). The first-order chi connectivity index (χ1) is 6.63. The van der Waals surface area contributed by atoms with Crippen molar-refractivity contribution in [3.63, 3.8) is 0 Å². The van der Waals surface area contributed by atoms with Gasteiger partial charge in [-0.1, -0.05) is 12.4 Å². The summed E-state index contributed by atoms with van der Waals surface area (Å²) in [6.45, 7) is 1.73. The third-order valence-corrected chi connectivity index (χ3v) is 2.55. The van der Waals surface area contributed by atoms with Crippen LogP contribution >= 0.6 is 0 Å². The van der Waals surface area contributed by atoms with Crippen LogP contribution in [0.15, 0.2) is 12.1 Å². The zero-order chi connectivity index (χ0) is 10.3. The van der Waals surface area contributed by atoms with Gasteiger partial charge < -0.3 is 5.11 Å². The van der Waals surface area contributed by atoms with Gasteiger partial charge in [0.05, 0.1) is 23.9 Å². The van der Waals surface area contributed by atoms with E-state index in [0.29, 0.717) is 16.9 Å². The second-order valence-electron chi connectivity index (χ2n) is 3.64. The Hall–Kier alpha value is -1.16. The first kappa shape index (κ1) is 9.40. The number of hydrogen-bond donors (Lipinski definition) is 1. The quantitative estimate of drug-likeness (QED) is 0.645. The van der Waals surface area contributed by atoms with Gasteiger partial charge in [0, 0.05) is 5.92 Å². The van der Waals surface area contributed by atoms with Crippen LogP contribution in [0.4, 0.5) is 0 Å². The maximum atomic E-state index is 11.2. The average molecular weight is 187 g/mol. The van der Waals surface area contributed by atoms with E-state index in [9.17, 15) is 4.79 Å². The molecule has 1 aromatic heterocycles. The van der Waals surface area contributed by atoms with Crippen molar-refractivity contribution in [3.05, 3.63) is 23.5 Å². The van der Waals surface area contributed by atoms with E-state index in [1.807, 2.05) is 6.92 Å². The van der Waals surface area contributed by atoms with Crippen LogP contribution in [0.1, 0.15) is 24.2 Å². The Morgan fingerprint density at radius 2 is 2.21 bits per heavy atom. The summed E-state index contributed by atoms with van der Waals surface area (Å²) in [5.41, 5.74) is 1.75. The SMILES string of the molecule is [B]c1cc(CO)nc(C2C(=O)C2C)c1. The van der Waals surface area contributed by atoms with E-state index in [0.717, 1.165) is 0 Å². The molecule has 1 aliphatic carbocycles. The van der Waals surface area contributed by atoms with Gasteiger partial charge >= 0.3 is 0 Å². The summed E-state index contributed by atoms with van der Waals surface area (Å²) >= 11 is 0. The fourth-order valence-electron chi connectivity index (χ4n) is 1.64. The van der Waals surface area contributed by atoms with Crippen LogP contribution in [0.25, 0.3) is 0 Å². The predicted octanol–water partition coefficient (Wildman–Crippen LogP) is -0.330. The summed E-state index contributed by atoms with van der Waals surface area (Å²) in [6, 6.07) is 3.31. The van der Waals surface area contributed by atoms with Crippen molar-refractivity contribution in [2.75, 3.05) is 0 Å². The van der Waals surface area contributed by atoms with Gasteiger partial charge in [0.2, 0.25) is 0 Å². The van der Waals surface area contributed by atoms with Crippen LogP contribution < -0.4 is 5.46 Å². The molecular weight excluding hydrogens is 177 g/mol. The van der Waals surface area contributed by atoms with Gasteiger partial charge in [-0.3, -0.25) is 9.78 Å². The second kappa shape index (κ2) is 3.21. The van der Waals surface area contributed by atoms with Crippen molar-refractivity contribution >= 4 is 19.1 Å². The van der Waals surface area contributed by atoms with Crippen LogP contribution in [0.5, 0.6) is 0 Å². The summed E-state index contributed by atoms with van der Waals surface area (Å²) in [7, 11) is 5.63. The number of Topliss-reactive ketones (excluding diaryl/α,β-unsaturated/α-hetero) is 1. The molecule has 4 heteroatoms. The molecule has 0 saturated heterocycles. The van der Waals surface area contributed by atoms with Crippen LogP contribution in [0.2, 0.25) is 0 Å². The average Bonchev–Trinajstić information content (AvgIpc) is 2.73. The highest BCUT2D eigenvalue weighted by atomic mass is 16.3. The molecule has 0 aromatic carbocycles. The van der Waals surface area contributed by atoms with Crippen LogP contribution in [-0.2, 0) is 11.4 Å². The molecule has 0 spiro atoms. The first-order valence-electron chi connectivity index (χ1n) is 4.54. The van der Waals surface area contributed by atoms with E-state index in [4.69, 9.17) is 13.0 Å². The summed E-state index contributed by atoms with van der Waals surface area (Å²) < 4.78 is 0. The second-order valence-corrected chi connectivity index (χ2v) is 3.64. The van der Waals surface area contributed by atoms with Crippen LogP contribution in [0.3, 0.4) is 0 Å². The Morgan fingerprint density at radius 1 is 1.57 bits per heavy atom. The number of hydrogen-bond acceptors (Lipinski definition) is 3. The largest absolute Gasteiger partial charge is 0.390 e. The molecule has 2 atom stereocenters. The molecule has 1 saturated carbocycles. The minimum atomic E-state index is -0.146. The van der Waals surface area contributed by atoms with Gasteiger partial charge in [0.25, 0.3) is 0 Å². The minimum absolute atomic E-state index is 0.0517. The van der Waals surface area contributed by atoms with Crippen LogP contribution in [0, 0.1) is 5.92 Å². The highest BCUT2D eigenvalue weighted by molar-refractivity contribution is 6.32. The van der Waals surface area contributed by atoms with Crippen molar-refractivity contribution in [3.8, 4) is 0 Å². The molecule has 2 unspecified atom stereocenters. The zero-order valence-corrected chi connectivity index (χ0v) is 7.90. The number of carbonyl (C=O) groups excluding carboxylic acids is 1. The number of ketones is 1. The molecule has 0 amide bonds. The molecule has 3 nitrogen and oxygen atoms in total. The molecule has 1 heterocycles. The topological polar surface area (TPSA) is 50.2 Å². The lowest BCUT2D eigenvalue weighted by atomic mass is 9.94. The van der Waals surface area contributed by atoms with Crippen molar-refractivity contribution in [1.82, 2.24) is 4.98 Å². The van der Waals surface area contributed by atoms with E-state index in [1.165, 1.54) is 0 Å². The van der Waals surface area contributed by atoms with E-state index in [1.54, 1.807) is 12.1 Å². The van der Waals surface area contributed by atoms with E-state index in [-0.39, 0.29) is 24.2 Å². The van der Waals surface area contributed by atoms with Gasteiger partial charge in [-0.05, 0) is 12.1 Å². The third kappa shape index (κ3) is 1.46. The van der Waals surface area contributed by atoms with Crippen LogP contribution in [-0.4, -0.2) is 23.7 Å². The maximum Gasteiger partial charge on any atom is 0.146 e. The number of carbonyl (C=O) groups is 1. The Bertz CT molecular complexity index is 392. The van der Waals surface area contributed by atoms with Crippen molar-refractivity contribution in [2.24, 2.45) is 5.92 Å². The fourth-order valence-corrected chi connectivity index (χ4v) is 1.64. The molecule has 0 bridgehead atoms. The third-order valence-electron chi connectivity index (χ3n) is 2.55. The van der Waals surface area contributed by atoms with Gasteiger partial charge in [-0.2, -0.15) is 0 Å². The molecule has 14 heavy (non-hydrogen) atoms.